The molecule has 3 unspecified atom stereocenters. The molecule has 0 radical (unpaired) electrons. The summed E-state index contributed by atoms with van der Waals surface area (Å²) in [7, 11) is 0. The maximum absolute atomic E-state index is 12.3. The zero-order valence-corrected chi connectivity index (χ0v) is 14.3. The smallest absolute Gasteiger partial charge is 0.253 e. The zero-order chi connectivity index (χ0) is 13.3. The molecule has 1 aromatic heterocycles. The molecule has 0 aromatic carbocycles. The van der Waals surface area contributed by atoms with Crippen LogP contribution in [0.25, 0.3) is 0 Å². The minimum absolute atomic E-state index is 0.00350. The summed E-state index contributed by atoms with van der Waals surface area (Å²) in [5.41, 5.74) is 0.705. The van der Waals surface area contributed by atoms with Crippen LogP contribution in [0.1, 0.15) is 30.6 Å². The number of nitrogens with one attached hydrogen (secondary N) is 2. The second-order valence-corrected chi connectivity index (χ2v) is 8.50. The van der Waals surface area contributed by atoms with Crippen LogP contribution < -0.4 is 10.6 Å². The lowest BCUT2D eigenvalue weighted by Gasteiger charge is -2.35. The highest BCUT2D eigenvalue weighted by Crippen LogP contribution is 2.32. The monoisotopic (exact) mass is 394 g/mol. The molecule has 0 aliphatic carbocycles. The van der Waals surface area contributed by atoms with Crippen LogP contribution in [-0.4, -0.2) is 24.5 Å². The summed E-state index contributed by atoms with van der Waals surface area (Å²) < 4.78 is 1.83. The average Bonchev–Trinajstić information content (AvgIpc) is 2.63. The highest BCUT2D eigenvalue weighted by Gasteiger charge is 2.29. The Morgan fingerprint density at radius 3 is 2.78 bits per heavy atom. The third kappa shape index (κ3) is 3.15. The molecule has 0 saturated carbocycles. The largest absolute Gasteiger partial charge is 0.347 e. The van der Waals surface area contributed by atoms with E-state index in [0.29, 0.717) is 17.5 Å². The normalized spacial score (nSPS) is 28.1. The third-order valence-corrected chi connectivity index (χ3v) is 5.76. The van der Waals surface area contributed by atoms with E-state index >= 15 is 0 Å². The number of thiophene rings is 1. The van der Waals surface area contributed by atoms with Crippen LogP contribution in [0.2, 0.25) is 0 Å². The summed E-state index contributed by atoms with van der Waals surface area (Å²) in [5.74, 6) is 0.502. The van der Waals surface area contributed by atoms with Crippen molar-refractivity contribution in [1.82, 2.24) is 10.6 Å². The van der Waals surface area contributed by atoms with Gasteiger partial charge in [0.15, 0.2) is 0 Å². The van der Waals surface area contributed by atoms with E-state index in [4.69, 9.17) is 0 Å². The number of hydrogen-bond acceptors (Lipinski definition) is 3. The fourth-order valence-corrected chi connectivity index (χ4v) is 5.12. The van der Waals surface area contributed by atoms with Crippen molar-refractivity contribution in [3.8, 4) is 0 Å². The van der Waals surface area contributed by atoms with Crippen molar-refractivity contribution >= 4 is 49.1 Å². The summed E-state index contributed by atoms with van der Waals surface area (Å²) in [6.07, 6.45) is 1.10. The lowest BCUT2D eigenvalue weighted by Crippen LogP contribution is -2.55. The third-order valence-electron chi connectivity index (χ3n) is 3.42. The van der Waals surface area contributed by atoms with E-state index < -0.39 is 0 Å². The number of halogens is 2. The summed E-state index contributed by atoms with van der Waals surface area (Å²) in [6, 6.07) is 2.37. The van der Waals surface area contributed by atoms with Crippen LogP contribution in [0, 0.1) is 5.92 Å². The van der Waals surface area contributed by atoms with Crippen LogP contribution >= 0.6 is 43.2 Å². The van der Waals surface area contributed by atoms with Crippen LogP contribution in [-0.2, 0) is 0 Å². The fourth-order valence-electron chi connectivity index (χ4n) is 2.33. The number of hydrogen-bond donors (Lipinski definition) is 2. The average molecular weight is 396 g/mol. The molecule has 1 aliphatic heterocycles. The molecule has 1 saturated heterocycles. The van der Waals surface area contributed by atoms with E-state index in [1.807, 2.05) is 6.07 Å². The van der Waals surface area contributed by atoms with E-state index in [2.05, 4.69) is 56.3 Å². The SMILES string of the molecule is CC1CCNC(C)C1NC(=O)c1cc(Br)sc1Br. The maximum Gasteiger partial charge on any atom is 0.253 e. The minimum Gasteiger partial charge on any atom is -0.347 e. The van der Waals surface area contributed by atoms with Gasteiger partial charge in [-0.25, -0.2) is 0 Å². The van der Waals surface area contributed by atoms with E-state index in [1.54, 1.807) is 0 Å². The lowest BCUT2D eigenvalue weighted by atomic mass is 9.89. The highest BCUT2D eigenvalue weighted by atomic mass is 79.9. The highest BCUT2D eigenvalue weighted by molar-refractivity contribution is 9.12. The van der Waals surface area contributed by atoms with Crippen molar-refractivity contribution in [3.63, 3.8) is 0 Å². The number of carbonyl (C=O) groups excluding carboxylic acids is 1. The van der Waals surface area contributed by atoms with Gasteiger partial charge in [0.2, 0.25) is 0 Å². The van der Waals surface area contributed by atoms with Gasteiger partial charge >= 0.3 is 0 Å². The van der Waals surface area contributed by atoms with Gasteiger partial charge in [-0.15, -0.1) is 11.3 Å². The molecule has 100 valence electrons. The Labute approximate surface area is 128 Å². The molecular weight excluding hydrogens is 380 g/mol. The van der Waals surface area contributed by atoms with Gasteiger partial charge in [-0.2, -0.15) is 0 Å². The first-order chi connectivity index (χ1) is 8.49. The molecule has 6 heteroatoms. The number of rotatable bonds is 2. The Kier molecular flexibility index (Phi) is 4.86. The summed E-state index contributed by atoms with van der Waals surface area (Å²) in [4.78, 5) is 12.3. The van der Waals surface area contributed by atoms with E-state index in [1.165, 1.54) is 11.3 Å². The Balaban J connectivity index is 2.08. The molecule has 3 nitrogen and oxygen atoms in total. The van der Waals surface area contributed by atoms with Gasteiger partial charge in [-0.3, -0.25) is 4.79 Å². The number of amides is 1. The lowest BCUT2D eigenvalue weighted by molar-refractivity contribution is 0.0897. The van der Waals surface area contributed by atoms with Crippen molar-refractivity contribution in [2.75, 3.05) is 6.54 Å². The first kappa shape index (κ1) is 14.5. The van der Waals surface area contributed by atoms with Crippen LogP contribution in [0.5, 0.6) is 0 Å². The maximum atomic E-state index is 12.3. The summed E-state index contributed by atoms with van der Waals surface area (Å²) >= 11 is 8.34. The van der Waals surface area contributed by atoms with Crippen LogP contribution in [0.4, 0.5) is 0 Å². The van der Waals surface area contributed by atoms with Crippen molar-refractivity contribution in [2.24, 2.45) is 5.92 Å². The van der Waals surface area contributed by atoms with E-state index in [-0.39, 0.29) is 11.9 Å². The van der Waals surface area contributed by atoms with Gasteiger partial charge in [0.25, 0.3) is 5.91 Å². The Bertz CT molecular complexity index is 439. The van der Waals surface area contributed by atoms with Gasteiger partial charge in [0.1, 0.15) is 0 Å². The molecule has 1 amide bonds. The van der Waals surface area contributed by atoms with Gasteiger partial charge in [-0.1, -0.05) is 6.92 Å². The quantitative estimate of drug-likeness (QED) is 0.805. The molecule has 2 heterocycles. The van der Waals surface area contributed by atoms with Gasteiger partial charge in [0.05, 0.1) is 13.1 Å². The molecule has 1 fully saturated rings. The molecular formula is C12H16Br2N2OS. The van der Waals surface area contributed by atoms with Crippen molar-refractivity contribution in [3.05, 3.63) is 19.2 Å². The first-order valence-corrected chi connectivity index (χ1v) is 8.38. The van der Waals surface area contributed by atoms with Crippen LogP contribution in [0.3, 0.4) is 0 Å². The first-order valence-electron chi connectivity index (χ1n) is 5.98. The Morgan fingerprint density at radius 2 is 2.22 bits per heavy atom. The van der Waals surface area contributed by atoms with Crippen molar-refractivity contribution < 1.29 is 4.79 Å². The molecule has 0 spiro atoms. The predicted octanol–water partition coefficient (Wildman–Crippen LogP) is 3.39. The topological polar surface area (TPSA) is 41.1 Å². The molecule has 0 bridgehead atoms. The standard InChI is InChI=1S/C12H16Br2N2OS/c1-6-3-4-15-7(2)10(6)16-12(17)8-5-9(13)18-11(8)14/h5-7,10,15H,3-4H2,1-2H3,(H,16,17). The summed E-state index contributed by atoms with van der Waals surface area (Å²) in [5, 5.41) is 6.55. The molecule has 1 aromatic rings. The molecule has 18 heavy (non-hydrogen) atoms. The van der Waals surface area contributed by atoms with Gasteiger partial charge in [0, 0.05) is 12.1 Å². The van der Waals surface area contributed by atoms with E-state index in [9.17, 15) is 4.79 Å². The van der Waals surface area contributed by atoms with Gasteiger partial charge < -0.3 is 10.6 Å². The Hall–Kier alpha value is 0.0900. The second kappa shape index (κ2) is 6.03. The Morgan fingerprint density at radius 1 is 1.50 bits per heavy atom. The molecule has 2 rings (SSSR count). The van der Waals surface area contributed by atoms with Crippen molar-refractivity contribution in [1.29, 1.82) is 0 Å². The molecule has 2 N–H and O–H groups in total. The summed E-state index contributed by atoms with van der Waals surface area (Å²) in [6.45, 7) is 5.35. The molecule has 3 atom stereocenters. The van der Waals surface area contributed by atoms with E-state index in [0.717, 1.165) is 20.5 Å². The fraction of sp³-hybridized carbons (Fsp3) is 0.583. The number of carbonyl (C=O) groups is 1. The molecule has 1 aliphatic rings. The van der Waals surface area contributed by atoms with Crippen LogP contribution in [0.15, 0.2) is 13.6 Å². The second-order valence-electron chi connectivity index (χ2n) is 4.75. The number of piperidine rings is 1. The minimum atomic E-state index is -0.00350. The zero-order valence-electron chi connectivity index (χ0n) is 10.3. The van der Waals surface area contributed by atoms with Crippen molar-refractivity contribution in [2.45, 2.75) is 32.4 Å². The predicted molar refractivity (Wildman–Crippen MR) is 82.2 cm³/mol. The van der Waals surface area contributed by atoms with Gasteiger partial charge in [-0.05, 0) is 63.7 Å².